The molecule has 0 saturated carbocycles. The van der Waals surface area contributed by atoms with Crippen molar-refractivity contribution in [3.8, 4) is 0 Å². The monoisotopic (exact) mass is 328 g/mol. The molecule has 1 heterocycles. The standard InChI is InChI=1S/C18H14F2N2O2/c1-10-13(19)3-2-4-15(10)21-17(23)6-5-11-7-14(20)12-9-18(24)22-16(12)8-11/h2-8H,9H2,1H3,(H,21,23)(H,22,24)/b6-5+. The Hall–Kier alpha value is -3.02. The SMILES string of the molecule is Cc1c(F)cccc1NC(=O)/C=C/c1cc(F)c2c(c1)NC(=O)C2. The number of carbonyl (C=O) groups excluding carboxylic acids is 2. The number of nitrogens with one attached hydrogen (secondary N) is 2. The quantitative estimate of drug-likeness (QED) is 0.848. The van der Waals surface area contributed by atoms with E-state index < -0.39 is 17.5 Å². The average molecular weight is 328 g/mol. The number of hydrogen-bond acceptors (Lipinski definition) is 2. The Labute approximate surface area is 137 Å². The summed E-state index contributed by atoms with van der Waals surface area (Å²) in [7, 11) is 0. The maximum atomic E-state index is 13.9. The van der Waals surface area contributed by atoms with Crippen molar-refractivity contribution in [1.82, 2.24) is 0 Å². The molecule has 1 aliphatic heterocycles. The van der Waals surface area contributed by atoms with Gasteiger partial charge in [-0.15, -0.1) is 0 Å². The lowest BCUT2D eigenvalue weighted by molar-refractivity contribution is -0.115. The van der Waals surface area contributed by atoms with Crippen LogP contribution in [0.2, 0.25) is 0 Å². The van der Waals surface area contributed by atoms with Crippen molar-refractivity contribution in [2.24, 2.45) is 0 Å². The van der Waals surface area contributed by atoms with Crippen LogP contribution in [0.25, 0.3) is 6.08 Å². The van der Waals surface area contributed by atoms with Crippen LogP contribution >= 0.6 is 0 Å². The Morgan fingerprint density at radius 3 is 2.83 bits per heavy atom. The summed E-state index contributed by atoms with van der Waals surface area (Å²) >= 11 is 0. The smallest absolute Gasteiger partial charge is 0.248 e. The number of benzene rings is 2. The van der Waals surface area contributed by atoms with Gasteiger partial charge in [-0.05, 0) is 42.8 Å². The van der Waals surface area contributed by atoms with Crippen LogP contribution in [0.3, 0.4) is 0 Å². The molecule has 122 valence electrons. The topological polar surface area (TPSA) is 58.2 Å². The van der Waals surface area contributed by atoms with Crippen molar-refractivity contribution in [1.29, 1.82) is 0 Å². The summed E-state index contributed by atoms with van der Waals surface area (Å²) in [6.45, 7) is 1.56. The first kappa shape index (κ1) is 15.9. The molecule has 4 nitrogen and oxygen atoms in total. The summed E-state index contributed by atoms with van der Waals surface area (Å²) in [5.74, 6) is -1.63. The summed E-state index contributed by atoms with van der Waals surface area (Å²) < 4.78 is 27.4. The average Bonchev–Trinajstić information content (AvgIpc) is 2.91. The lowest BCUT2D eigenvalue weighted by Crippen LogP contribution is -2.09. The fraction of sp³-hybridized carbons (Fsp3) is 0.111. The van der Waals surface area contributed by atoms with E-state index in [0.29, 0.717) is 28.1 Å². The van der Waals surface area contributed by atoms with Crippen LogP contribution in [-0.4, -0.2) is 11.8 Å². The highest BCUT2D eigenvalue weighted by Crippen LogP contribution is 2.27. The highest BCUT2D eigenvalue weighted by atomic mass is 19.1. The Morgan fingerprint density at radius 1 is 1.25 bits per heavy atom. The highest BCUT2D eigenvalue weighted by molar-refractivity contribution is 6.03. The Kier molecular flexibility index (Phi) is 4.12. The van der Waals surface area contributed by atoms with Crippen LogP contribution in [0.5, 0.6) is 0 Å². The van der Waals surface area contributed by atoms with E-state index in [4.69, 9.17) is 0 Å². The molecule has 0 bridgehead atoms. The van der Waals surface area contributed by atoms with E-state index in [-0.39, 0.29) is 12.3 Å². The van der Waals surface area contributed by atoms with Gasteiger partial charge in [0.1, 0.15) is 11.6 Å². The van der Waals surface area contributed by atoms with Gasteiger partial charge in [0.2, 0.25) is 11.8 Å². The second-order valence-electron chi connectivity index (χ2n) is 5.49. The van der Waals surface area contributed by atoms with Crippen molar-refractivity contribution in [3.63, 3.8) is 0 Å². The van der Waals surface area contributed by atoms with Gasteiger partial charge in [0, 0.05) is 28.6 Å². The molecule has 24 heavy (non-hydrogen) atoms. The Balaban J connectivity index is 1.75. The summed E-state index contributed by atoms with van der Waals surface area (Å²) in [5.41, 5.74) is 1.90. The number of halogens is 2. The normalized spacial score (nSPS) is 13.0. The van der Waals surface area contributed by atoms with Gasteiger partial charge in [-0.3, -0.25) is 9.59 Å². The van der Waals surface area contributed by atoms with Gasteiger partial charge < -0.3 is 10.6 Å². The predicted molar refractivity (Wildman–Crippen MR) is 87.5 cm³/mol. The van der Waals surface area contributed by atoms with E-state index in [1.165, 1.54) is 30.4 Å². The molecule has 6 heteroatoms. The van der Waals surface area contributed by atoms with E-state index in [1.54, 1.807) is 19.1 Å². The van der Waals surface area contributed by atoms with E-state index >= 15 is 0 Å². The van der Waals surface area contributed by atoms with Gasteiger partial charge in [0.05, 0.1) is 6.42 Å². The summed E-state index contributed by atoms with van der Waals surface area (Å²) in [6, 6.07) is 7.26. The number of rotatable bonds is 3. The largest absolute Gasteiger partial charge is 0.325 e. The molecule has 0 unspecified atom stereocenters. The lowest BCUT2D eigenvalue weighted by atomic mass is 10.1. The summed E-state index contributed by atoms with van der Waals surface area (Å²) in [6.07, 6.45) is 2.67. The summed E-state index contributed by atoms with van der Waals surface area (Å²) in [5, 5.41) is 5.13. The molecular weight excluding hydrogens is 314 g/mol. The van der Waals surface area contributed by atoms with Gasteiger partial charge in [-0.2, -0.15) is 0 Å². The number of anilines is 2. The first-order chi connectivity index (χ1) is 11.4. The zero-order valence-corrected chi connectivity index (χ0v) is 12.8. The molecular formula is C18H14F2N2O2. The maximum absolute atomic E-state index is 13.9. The van der Waals surface area contributed by atoms with E-state index in [2.05, 4.69) is 10.6 Å². The second-order valence-corrected chi connectivity index (χ2v) is 5.49. The summed E-state index contributed by atoms with van der Waals surface area (Å²) in [4.78, 5) is 23.2. The molecule has 2 aromatic carbocycles. The Morgan fingerprint density at radius 2 is 2.04 bits per heavy atom. The number of carbonyl (C=O) groups is 2. The van der Waals surface area contributed by atoms with E-state index in [1.807, 2.05) is 0 Å². The van der Waals surface area contributed by atoms with Crippen LogP contribution in [-0.2, 0) is 16.0 Å². The third-order valence-corrected chi connectivity index (χ3v) is 3.78. The third kappa shape index (κ3) is 3.17. The molecule has 0 saturated heterocycles. The van der Waals surface area contributed by atoms with Crippen LogP contribution in [0, 0.1) is 18.6 Å². The van der Waals surface area contributed by atoms with Crippen LogP contribution in [0.15, 0.2) is 36.4 Å². The molecule has 0 fully saturated rings. The van der Waals surface area contributed by atoms with Crippen molar-refractivity contribution in [2.75, 3.05) is 10.6 Å². The number of hydrogen-bond donors (Lipinski definition) is 2. The molecule has 0 aromatic heterocycles. The maximum Gasteiger partial charge on any atom is 0.248 e. The van der Waals surface area contributed by atoms with Crippen molar-refractivity contribution in [2.45, 2.75) is 13.3 Å². The fourth-order valence-corrected chi connectivity index (χ4v) is 2.49. The number of fused-ring (bicyclic) bond motifs is 1. The van der Waals surface area contributed by atoms with Gasteiger partial charge >= 0.3 is 0 Å². The van der Waals surface area contributed by atoms with Crippen LogP contribution in [0.1, 0.15) is 16.7 Å². The van der Waals surface area contributed by atoms with Gasteiger partial charge in [-0.1, -0.05) is 6.07 Å². The van der Waals surface area contributed by atoms with E-state index in [0.717, 1.165) is 0 Å². The molecule has 2 N–H and O–H groups in total. The molecule has 0 spiro atoms. The van der Waals surface area contributed by atoms with Gasteiger partial charge in [0.15, 0.2) is 0 Å². The minimum absolute atomic E-state index is 0.0183. The minimum atomic E-state index is -0.494. The van der Waals surface area contributed by atoms with Gasteiger partial charge in [-0.25, -0.2) is 8.78 Å². The zero-order valence-electron chi connectivity index (χ0n) is 12.8. The first-order valence-corrected chi connectivity index (χ1v) is 7.30. The molecule has 3 rings (SSSR count). The lowest BCUT2D eigenvalue weighted by Gasteiger charge is -2.07. The zero-order chi connectivity index (χ0) is 17.3. The Bertz CT molecular complexity index is 876. The molecule has 0 aliphatic carbocycles. The predicted octanol–water partition coefficient (Wildman–Crippen LogP) is 3.42. The first-order valence-electron chi connectivity index (χ1n) is 7.30. The van der Waals surface area contributed by atoms with Crippen molar-refractivity contribution >= 4 is 29.3 Å². The molecule has 0 radical (unpaired) electrons. The molecule has 0 atom stereocenters. The molecule has 2 aromatic rings. The van der Waals surface area contributed by atoms with Crippen LogP contribution < -0.4 is 10.6 Å². The number of amides is 2. The highest BCUT2D eigenvalue weighted by Gasteiger charge is 2.21. The molecule has 1 aliphatic rings. The van der Waals surface area contributed by atoms with Crippen molar-refractivity contribution < 1.29 is 18.4 Å². The minimum Gasteiger partial charge on any atom is -0.325 e. The molecule has 2 amide bonds. The second kappa shape index (κ2) is 6.23. The van der Waals surface area contributed by atoms with Gasteiger partial charge in [0.25, 0.3) is 0 Å². The fourth-order valence-electron chi connectivity index (χ4n) is 2.49. The van der Waals surface area contributed by atoms with Crippen molar-refractivity contribution in [3.05, 3.63) is 64.7 Å². The van der Waals surface area contributed by atoms with Crippen LogP contribution in [0.4, 0.5) is 20.2 Å². The van der Waals surface area contributed by atoms with E-state index in [9.17, 15) is 18.4 Å². The third-order valence-electron chi connectivity index (χ3n) is 3.78.